The van der Waals surface area contributed by atoms with E-state index in [1.807, 2.05) is 36.4 Å². The topological polar surface area (TPSA) is 108 Å². The van der Waals surface area contributed by atoms with E-state index in [0.717, 1.165) is 5.56 Å². The van der Waals surface area contributed by atoms with Gasteiger partial charge in [0, 0.05) is 5.69 Å². The van der Waals surface area contributed by atoms with Gasteiger partial charge in [-0.05, 0) is 29.7 Å². The molecule has 0 spiro atoms. The summed E-state index contributed by atoms with van der Waals surface area (Å²) < 4.78 is 5.08. The van der Waals surface area contributed by atoms with Crippen LogP contribution in [0.4, 0.5) is 5.69 Å². The van der Waals surface area contributed by atoms with E-state index in [1.54, 1.807) is 32.0 Å². The summed E-state index contributed by atoms with van der Waals surface area (Å²) in [5, 5.41) is 14.1. The number of amides is 2. The first-order chi connectivity index (χ1) is 13.9. The predicted molar refractivity (Wildman–Crippen MR) is 108 cm³/mol. The fraction of sp³-hybridized carbons (Fsp3) is 0.273. The SMILES string of the molecule is CC(C)C(NC(=O)Cc1ccccc1)C(=O)OCC(=O)Nc1cccc(C#N)c1. The lowest BCUT2D eigenvalue weighted by Gasteiger charge is -2.20. The number of carbonyl (C=O) groups excluding carboxylic acids is 3. The fourth-order valence-corrected chi connectivity index (χ4v) is 2.59. The van der Waals surface area contributed by atoms with Crippen LogP contribution in [-0.2, 0) is 25.5 Å². The van der Waals surface area contributed by atoms with E-state index in [4.69, 9.17) is 10.00 Å². The maximum Gasteiger partial charge on any atom is 0.329 e. The van der Waals surface area contributed by atoms with Gasteiger partial charge in [-0.15, -0.1) is 0 Å². The summed E-state index contributed by atoms with van der Waals surface area (Å²) in [5.41, 5.74) is 1.67. The maximum atomic E-state index is 12.4. The van der Waals surface area contributed by atoms with Crippen LogP contribution in [0.25, 0.3) is 0 Å². The molecule has 7 heteroatoms. The lowest BCUT2D eigenvalue weighted by molar-refractivity contribution is -0.151. The Morgan fingerprint density at radius 2 is 1.76 bits per heavy atom. The van der Waals surface area contributed by atoms with Crippen LogP contribution in [0.5, 0.6) is 0 Å². The van der Waals surface area contributed by atoms with Crippen LogP contribution in [0.1, 0.15) is 25.0 Å². The highest BCUT2D eigenvalue weighted by molar-refractivity contribution is 5.93. The number of hydrogen-bond donors (Lipinski definition) is 2. The third kappa shape index (κ3) is 7.11. The number of nitriles is 1. The highest BCUT2D eigenvalue weighted by Crippen LogP contribution is 2.10. The summed E-state index contributed by atoms with van der Waals surface area (Å²) >= 11 is 0. The van der Waals surface area contributed by atoms with Gasteiger partial charge in [-0.3, -0.25) is 9.59 Å². The quantitative estimate of drug-likeness (QED) is 0.670. The third-order valence-electron chi connectivity index (χ3n) is 4.07. The molecule has 0 aliphatic heterocycles. The average molecular weight is 393 g/mol. The number of benzene rings is 2. The van der Waals surface area contributed by atoms with E-state index in [9.17, 15) is 14.4 Å². The molecule has 2 aromatic rings. The molecule has 29 heavy (non-hydrogen) atoms. The van der Waals surface area contributed by atoms with E-state index in [1.165, 1.54) is 6.07 Å². The van der Waals surface area contributed by atoms with Crippen LogP contribution in [0.2, 0.25) is 0 Å². The Bertz CT molecular complexity index is 904. The van der Waals surface area contributed by atoms with Crippen molar-refractivity contribution in [1.29, 1.82) is 5.26 Å². The van der Waals surface area contributed by atoms with E-state index in [2.05, 4.69) is 10.6 Å². The van der Waals surface area contributed by atoms with Crippen molar-refractivity contribution in [2.45, 2.75) is 26.3 Å². The molecule has 2 amide bonds. The zero-order valence-corrected chi connectivity index (χ0v) is 16.3. The number of hydrogen-bond acceptors (Lipinski definition) is 5. The molecule has 2 N–H and O–H groups in total. The Kier molecular flexibility index (Phi) is 7.92. The van der Waals surface area contributed by atoms with Gasteiger partial charge < -0.3 is 15.4 Å². The lowest BCUT2D eigenvalue weighted by atomic mass is 10.0. The van der Waals surface area contributed by atoms with E-state index < -0.39 is 24.5 Å². The maximum absolute atomic E-state index is 12.4. The standard InChI is InChI=1S/C22H23N3O4/c1-15(2)21(25-19(26)12-16-7-4-3-5-8-16)22(28)29-14-20(27)24-18-10-6-9-17(11-18)13-23/h3-11,15,21H,12,14H2,1-2H3,(H,24,27)(H,25,26). The summed E-state index contributed by atoms with van der Waals surface area (Å²) in [5.74, 6) is -1.73. The average Bonchev–Trinajstić information content (AvgIpc) is 2.71. The molecule has 2 rings (SSSR count). The molecular formula is C22H23N3O4. The summed E-state index contributed by atoms with van der Waals surface area (Å²) in [7, 11) is 0. The van der Waals surface area contributed by atoms with Crippen molar-refractivity contribution >= 4 is 23.5 Å². The van der Waals surface area contributed by atoms with Crippen LogP contribution >= 0.6 is 0 Å². The second-order valence-electron chi connectivity index (χ2n) is 6.80. The highest BCUT2D eigenvalue weighted by Gasteiger charge is 2.26. The molecule has 0 heterocycles. The number of rotatable bonds is 8. The number of ether oxygens (including phenoxy) is 1. The molecule has 0 aromatic heterocycles. The van der Waals surface area contributed by atoms with E-state index in [-0.39, 0.29) is 18.2 Å². The number of nitrogens with zero attached hydrogens (tertiary/aromatic N) is 1. The van der Waals surface area contributed by atoms with Crippen molar-refractivity contribution < 1.29 is 19.1 Å². The van der Waals surface area contributed by atoms with Crippen molar-refractivity contribution in [3.8, 4) is 6.07 Å². The smallest absolute Gasteiger partial charge is 0.329 e. The molecule has 7 nitrogen and oxygen atoms in total. The zero-order valence-electron chi connectivity index (χ0n) is 16.3. The Labute approximate surface area is 169 Å². The van der Waals surface area contributed by atoms with Crippen molar-refractivity contribution in [3.63, 3.8) is 0 Å². The van der Waals surface area contributed by atoms with E-state index in [0.29, 0.717) is 11.3 Å². The van der Waals surface area contributed by atoms with Gasteiger partial charge in [0.15, 0.2) is 6.61 Å². The largest absolute Gasteiger partial charge is 0.454 e. The van der Waals surface area contributed by atoms with Crippen LogP contribution in [0, 0.1) is 17.2 Å². The van der Waals surface area contributed by atoms with Crippen molar-refractivity contribution in [3.05, 3.63) is 65.7 Å². The molecular weight excluding hydrogens is 370 g/mol. The minimum absolute atomic E-state index is 0.146. The van der Waals surface area contributed by atoms with Gasteiger partial charge in [0.25, 0.3) is 5.91 Å². The summed E-state index contributed by atoms with van der Waals surface area (Å²) in [6, 6.07) is 16.7. The van der Waals surface area contributed by atoms with Gasteiger partial charge >= 0.3 is 5.97 Å². The van der Waals surface area contributed by atoms with Gasteiger partial charge in [-0.2, -0.15) is 5.26 Å². The molecule has 1 unspecified atom stereocenters. The number of esters is 1. The second-order valence-corrected chi connectivity index (χ2v) is 6.80. The van der Waals surface area contributed by atoms with Crippen LogP contribution in [0.3, 0.4) is 0 Å². The number of nitrogens with one attached hydrogen (secondary N) is 2. The monoisotopic (exact) mass is 393 g/mol. The molecule has 1 atom stereocenters. The van der Waals surface area contributed by atoms with Gasteiger partial charge in [0.2, 0.25) is 5.91 Å². The van der Waals surface area contributed by atoms with Crippen LogP contribution in [0.15, 0.2) is 54.6 Å². The Morgan fingerprint density at radius 1 is 1.03 bits per heavy atom. The minimum atomic E-state index is -0.860. The first kappa shape index (κ1) is 21.6. The minimum Gasteiger partial charge on any atom is -0.454 e. The molecule has 0 aliphatic carbocycles. The van der Waals surface area contributed by atoms with Crippen molar-refractivity contribution in [2.75, 3.05) is 11.9 Å². The summed E-state index contributed by atoms with van der Waals surface area (Å²) in [6.45, 7) is 3.07. The Morgan fingerprint density at radius 3 is 2.41 bits per heavy atom. The van der Waals surface area contributed by atoms with Crippen molar-refractivity contribution in [1.82, 2.24) is 5.32 Å². The Hall–Kier alpha value is -3.66. The van der Waals surface area contributed by atoms with Gasteiger partial charge in [0.05, 0.1) is 18.1 Å². The molecule has 2 aromatic carbocycles. The van der Waals surface area contributed by atoms with E-state index >= 15 is 0 Å². The van der Waals surface area contributed by atoms with Gasteiger partial charge in [-0.1, -0.05) is 50.2 Å². The Balaban J connectivity index is 1.87. The van der Waals surface area contributed by atoms with Crippen LogP contribution < -0.4 is 10.6 Å². The summed E-state index contributed by atoms with van der Waals surface area (Å²) in [4.78, 5) is 36.6. The second kappa shape index (κ2) is 10.6. The predicted octanol–water partition coefficient (Wildman–Crippen LogP) is 2.42. The molecule has 0 bridgehead atoms. The van der Waals surface area contributed by atoms with Gasteiger partial charge in [-0.25, -0.2) is 4.79 Å². The molecule has 150 valence electrons. The normalized spacial score (nSPS) is 11.2. The molecule has 0 fully saturated rings. The molecule has 0 radical (unpaired) electrons. The first-order valence-corrected chi connectivity index (χ1v) is 9.19. The zero-order chi connectivity index (χ0) is 21.2. The molecule has 0 aliphatic rings. The van der Waals surface area contributed by atoms with Crippen LogP contribution in [-0.4, -0.2) is 30.4 Å². The highest BCUT2D eigenvalue weighted by atomic mass is 16.5. The molecule has 0 saturated carbocycles. The molecule has 0 saturated heterocycles. The number of carbonyl (C=O) groups is 3. The lowest BCUT2D eigenvalue weighted by Crippen LogP contribution is -2.46. The third-order valence-corrected chi connectivity index (χ3v) is 4.07. The first-order valence-electron chi connectivity index (χ1n) is 9.19. The number of anilines is 1. The fourth-order valence-electron chi connectivity index (χ4n) is 2.59. The summed E-state index contributed by atoms with van der Waals surface area (Å²) in [6.07, 6.45) is 0.146. The van der Waals surface area contributed by atoms with Crippen molar-refractivity contribution in [2.24, 2.45) is 5.92 Å². The van der Waals surface area contributed by atoms with Gasteiger partial charge in [0.1, 0.15) is 6.04 Å².